The second-order valence-corrected chi connectivity index (χ2v) is 4.54. The summed E-state index contributed by atoms with van der Waals surface area (Å²) in [6.45, 7) is 0. The Kier molecular flexibility index (Phi) is 3.33. The van der Waals surface area contributed by atoms with E-state index in [0.717, 1.165) is 22.7 Å². The monoisotopic (exact) mass is 269 g/mol. The van der Waals surface area contributed by atoms with Gasteiger partial charge in [0.1, 0.15) is 11.4 Å². The van der Waals surface area contributed by atoms with Gasteiger partial charge in [-0.05, 0) is 12.1 Å². The van der Waals surface area contributed by atoms with E-state index in [1.807, 2.05) is 0 Å². The van der Waals surface area contributed by atoms with Crippen molar-refractivity contribution in [2.24, 2.45) is 0 Å². The number of hydrogen-bond donors (Lipinski definition) is 1. The third-order valence-corrected chi connectivity index (χ3v) is 3.30. The fraction of sp³-hybridized carbons (Fsp3) is 0.182. The van der Waals surface area contributed by atoms with Crippen LogP contribution in [0.1, 0.15) is 10.4 Å². The third kappa shape index (κ3) is 2.08. The first-order chi connectivity index (χ1) is 8.52. The van der Waals surface area contributed by atoms with Crippen molar-refractivity contribution in [1.82, 2.24) is 0 Å². The van der Waals surface area contributed by atoms with Gasteiger partial charge in [-0.15, -0.1) is 11.8 Å². The summed E-state index contributed by atoms with van der Waals surface area (Å²) in [5.41, 5.74) is -0.871. The molecular formula is C11H8FNO4S. The topological polar surface area (TPSA) is 74.7 Å². The average molecular weight is 269 g/mol. The van der Waals surface area contributed by atoms with Crippen LogP contribution >= 0.6 is 11.8 Å². The number of rotatable bonds is 2. The Morgan fingerprint density at radius 3 is 2.44 bits per heavy atom. The standard InChI is InChI=1S/C11H8FNO4S/c12-6-2-1-3-7(10(6)11(16)17)13-8(14)4-18-5-9(13)15/h1-3H,4-5H2,(H,16,17). The van der Waals surface area contributed by atoms with Gasteiger partial charge in [-0.2, -0.15) is 0 Å². The lowest BCUT2D eigenvalue weighted by atomic mass is 10.1. The van der Waals surface area contributed by atoms with Crippen LogP contribution in [0, 0.1) is 5.82 Å². The lowest BCUT2D eigenvalue weighted by Gasteiger charge is -2.25. The van der Waals surface area contributed by atoms with Crippen molar-refractivity contribution in [3.63, 3.8) is 0 Å². The molecule has 0 aliphatic carbocycles. The number of hydrogen-bond acceptors (Lipinski definition) is 4. The van der Waals surface area contributed by atoms with Gasteiger partial charge >= 0.3 is 5.97 Å². The molecule has 5 nitrogen and oxygen atoms in total. The van der Waals surface area contributed by atoms with Gasteiger partial charge in [-0.1, -0.05) is 6.07 Å². The van der Waals surface area contributed by atoms with Crippen molar-refractivity contribution in [2.75, 3.05) is 16.4 Å². The molecule has 1 aliphatic heterocycles. The minimum Gasteiger partial charge on any atom is -0.478 e. The maximum Gasteiger partial charge on any atom is 0.340 e. The number of carbonyl (C=O) groups excluding carboxylic acids is 2. The van der Waals surface area contributed by atoms with Crippen LogP contribution in [0.5, 0.6) is 0 Å². The summed E-state index contributed by atoms with van der Waals surface area (Å²) in [5, 5.41) is 8.96. The van der Waals surface area contributed by atoms with Gasteiger partial charge in [0.2, 0.25) is 11.8 Å². The van der Waals surface area contributed by atoms with Crippen molar-refractivity contribution < 1.29 is 23.9 Å². The van der Waals surface area contributed by atoms with E-state index in [1.54, 1.807) is 0 Å². The molecule has 0 saturated carbocycles. The van der Waals surface area contributed by atoms with E-state index in [0.29, 0.717) is 0 Å². The van der Waals surface area contributed by atoms with Crippen LogP contribution in [0.4, 0.5) is 10.1 Å². The summed E-state index contributed by atoms with van der Waals surface area (Å²) in [4.78, 5) is 35.1. The predicted molar refractivity (Wildman–Crippen MR) is 63.2 cm³/mol. The fourth-order valence-electron chi connectivity index (χ4n) is 1.67. The highest BCUT2D eigenvalue weighted by Crippen LogP contribution is 2.27. The van der Waals surface area contributed by atoms with Gasteiger partial charge in [-0.25, -0.2) is 14.1 Å². The SMILES string of the molecule is O=C(O)c1c(F)cccc1N1C(=O)CSCC1=O. The number of anilines is 1. The summed E-state index contributed by atoms with van der Waals surface area (Å²) < 4.78 is 13.5. The second kappa shape index (κ2) is 4.77. The molecule has 1 saturated heterocycles. The summed E-state index contributed by atoms with van der Waals surface area (Å²) in [7, 11) is 0. The van der Waals surface area contributed by atoms with Crippen LogP contribution in [-0.4, -0.2) is 34.4 Å². The maximum absolute atomic E-state index is 13.5. The zero-order chi connectivity index (χ0) is 13.3. The van der Waals surface area contributed by atoms with Crippen LogP contribution in [0.2, 0.25) is 0 Å². The molecule has 0 bridgehead atoms. The molecule has 0 aromatic heterocycles. The van der Waals surface area contributed by atoms with Gasteiger partial charge in [0.15, 0.2) is 0 Å². The van der Waals surface area contributed by atoms with Crippen LogP contribution in [0.15, 0.2) is 18.2 Å². The van der Waals surface area contributed by atoms with Crippen molar-refractivity contribution in [2.45, 2.75) is 0 Å². The molecule has 7 heteroatoms. The number of aromatic carboxylic acids is 1. The van der Waals surface area contributed by atoms with Gasteiger partial charge in [-0.3, -0.25) is 9.59 Å². The van der Waals surface area contributed by atoms with Crippen molar-refractivity contribution in [1.29, 1.82) is 0 Å². The Bertz CT molecular complexity index is 530. The lowest BCUT2D eigenvalue weighted by molar-refractivity contribution is -0.124. The van der Waals surface area contributed by atoms with Gasteiger partial charge in [0.05, 0.1) is 17.2 Å². The van der Waals surface area contributed by atoms with Crippen molar-refractivity contribution in [3.8, 4) is 0 Å². The van der Waals surface area contributed by atoms with Crippen LogP contribution in [0.25, 0.3) is 0 Å². The molecule has 1 heterocycles. The lowest BCUT2D eigenvalue weighted by Crippen LogP contribution is -2.44. The molecule has 94 valence electrons. The summed E-state index contributed by atoms with van der Waals surface area (Å²) in [5.74, 6) is -3.42. The number of carbonyl (C=O) groups is 3. The zero-order valence-corrected chi connectivity index (χ0v) is 9.87. The molecule has 1 aromatic carbocycles. The van der Waals surface area contributed by atoms with Gasteiger partial charge in [0, 0.05) is 0 Å². The Balaban J connectivity index is 2.56. The third-order valence-electron chi connectivity index (χ3n) is 2.40. The molecule has 1 fully saturated rings. The molecule has 2 rings (SSSR count). The highest BCUT2D eigenvalue weighted by Gasteiger charge is 2.32. The van der Waals surface area contributed by atoms with E-state index in [9.17, 15) is 18.8 Å². The number of benzene rings is 1. The highest BCUT2D eigenvalue weighted by atomic mass is 32.2. The molecule has 1 aliphatic rings. The van der Waals surface area contributed by atoms with Crippen molar-refractivity contribution in [3.05, 3.63) is 29.6 Å². The number of carboxylic acid groups (broad SMARTS) is 1. The summed E-state index contributed by atoms with van der Waals surface area (Å²) in [6, 6.07) is 3.48. The Morgan fingerprint density at radius 1 is 1.28 bits per heavy atom. The first-order valence-electron chi connectivity index (χ1n) is 4.97. The highest BCUT2D eigenvalue weighted by molar-refractivity contribution is 8.00. The van der Waals surface area contributed by atoms with Crippen LogP contribution in [-0.2, 0) is 9.59 Å². The molecule has 1 aromatic rings. The summed E-state index contributed by atoms with van der Waals surface area (Å²) in [6.07, 6.45) is 0. The zero-order valence-electron chi connectivity index (χ0n) is 9.05. The first-order valence-corrected chi connectivity index (χ1v) is 6.13. The fourth-order valence-corrected chi connectivity index (χ4v) is 2.38. The Morgan fingerprint density at radius 2 is 1.89 bits per heavy atom. The summed E-state index contributed by atoms with van der Waals surface area (Å²) >= 11 is 1.15. The number of thioether (sulfide) groups is 1. The molecule has 18 heavy (non-hydrogen) atoms. The quantitative estimate of drug-likeness (QED) is 0.815. The Hall–Kier alpha value is -1.89. The minimum atomic E-state index is -1.51. The number of carboxylic acids is 1. The smallest absolute Gasteiger partial charge is 0.340 e. The molecule has 0 radical (unpaired) electrons. The van der Waals surface area contributed by atoms with E-state index >= 15 is 0 Å². The normalized spacial score (nSPS) is 15.9. The average Bonchev–Trinajstić information content (AvgIpc) is 2.28. The van der Waals surface area contributed by atoms with E-state index in [4.69, 9.17) is 5.11 Å². The molecular weight excluding hydrogens is 261 g/mol. The van der Waals surface area contributed by atoms with E-state index in [-0.39, 0.29) is 17.2 Å². The predicted octanol–water partition coefficient (Wildman–Crippen LogP) is 1.13. The second-order valence-electron chi connectivity index (χ2n) is 3.55. The Labute approximate surface area is 106 Å². The molecule has 0 atom stereocenters. The van der Waals surface area contributed by atoms with Gasteiger partial charge in [0.25, 0.3) is 0 Å². The van der Waals surface area contributed by atoms with Crippen LogP contribution < -0.4 is 4.90 Å². The maximum atomic E-state index is 13.5. The van der Waals surface area contributed by atoms with E-state index < -0.39 is 29.2 Å². The van der Waals surface area contributed by atoms with E-state index in [2.05, 4.69) is 0 Å². The molecule has 1 N–H and O–H groups in total. The molecule has 2 amide bonds. The number of nitrogens with zero attached hydrogens (tertiary/aromatic N) is 1. The van der Waals surface area contributed by atoms with Crippen molar-refractivity contribution >= 4 is 35.2 Å². The van der Waals surface area contributed by atoms with Crippen LogP contribution in [0.3, 0.4) is 0 Å². The first kappa shape index (κ1) is 12.6. The van der Waals surface area contributed by atoms with Gasteiger partial charge < -0.3 is 5.11 Å². The van der Waals surface area contributed by atoms with E-state index in [1.165, 1.54) is 12.1 Å². The minimum absolute atomic E-state index is 0.0707. The number of imide groups is 1. The largest absolute Gasteiger partial charge is 0.478 e. The number of amides is 2. The molecule has 0 spiro atoms. The molecule has 0 unspecified atom stereocenters. The number of halogens is 1.